The molecule has 1 N–H and O–H groups in total. The van der Waals surface area contributed by atoms with E-state index in [9.17, 15) is 4.79 Å². The molecule has 0 atom stereocenters. The van der Waals surface area contributed by atoms with Crippen LogP contribution in [0.3, 0.4) is 0 Å². The minimum Gasteiger partial charge on any atom is -0.442 e. The molecule has 5 heteroatoms. The zero-order chi connectivity index (χ0) is 15.9. The van der Waals surface area contributed by atoms with Crippen LogP contribution in [0.25, 0.3) is 0 Å². The standard InChI is InChI=1S/C16H20N2O3/c1-16(2,3)21-15(20)18-14(8-9-19)10-12-4-6-13(11-17)7-5-12/h4-7,19H,8-10H2,1-3H3. The Morgan fingerprint density at radius 1 is 1.33 bits per heavy atom. The Hall–Kier alpha value is -2.19. The van der Waals surface area contributed by atoms with Crippen molar-refractivity contribution in [3.05, 3.63) is 35.4 Å². The van der Waals surface area contributed by atoms with Crippen molar-refractivity contribution in [2.45, 2.75) is 39.2 Å². The van der Waals surface area contributed by atoms with Crippen LogP contribution in [-0.2, 0) is 11.2 Å². The van der Waals surface area contributed by atoms with Gasteiger partial charge in [0.05, 0.1) is 11.6 Å². The number of aliphatic hydroxyl groups excluding tert-OH is 1. The lowest BCUT2D eigenvalue weighted by Gasteiger charge is -2.17. The zero-order valence-corrected chi connectivity index (χ0v) is 12.6. The molecule has 0 spiro atoms. The van der Waals surface area contributed by atoms with Gasteiger partial charge in [0.2, 0.25) is 0 Å². The highest BCUT2D eigenvalue weighted by Gasteiger charge is 2.16. The molecule has 0 aliphatic carbocycles. The smallest absolute Gasteiger partial charge is 0.434 e. The van der Waals surface area contributed by atoms with Gasteiger partial charge in [0.15, 0.2) is 0 Å². The first kappa shape index (κ1) is 16.9. The van der Waals surface area contributed by atoms with Crippen molar-refractivity contribution >= 4 is 11.8 Å². The molecule has 0 unspecified atom stereocenters. The molecule has 21 heavy (non-hydrogen) atoms. The number of carbonyl (C=O) groups excluding carboxylic acids is 1. The van der Waals surface area contributed by atoms with Crippen molar-refractivity contribution in [2.24, 2.45) is 4.99 Å². The van der Waals surface area contributed by atoms with Crippen LogP contribution in [0.15, 0.2) is 29.3 Å². The molecule has 0 aliphatic heterocycles. The quantitative estimate of drug-likeness (QED) is 0.863. The third-order valence-electron chi connectivity index (χ3n) is 2.53. The van der Waals surface area contributed by atoms with Crippen LogP contribution < -0.4 is 0 Å². The molecule has 0 fully saturated rings. The highest BCUT2D eigenvalue weighted by molar-refractivity contribution is 5.94. The third-order valence-corrected chi connectivity index (χ3v) is 2.53. The fourth-order valence-corrected chi connectivity index (χ4v) is 1.66. The molecule has 0 aromatic heterocycles. The van der Waals surface area contributed by atoms with E-state index in [0.717, 1.165) is 5.56 Å². The monoisotopic (exact) mass is 288 g/mol. The normalized spacial score (nSPS) is 11.9. The number of benzene rings is 1. The molecule has 0 aliphatic rings. The molecule has 1 aromatic carbocycles. The summed E-state index contributed by atoms with van der Waals surface area (Å²) in [6.45, 7) is 5.23. The first-order chi connectivity index (χ1) is 9.84. The summed E-state index contributed by atoms with van der Waals surface area (Å²) in [5, 5.41) is 17.8. The van der Waals surface area contributed by atoms with Gasteiger partial charge >= 0.3 is 6.09 Å². The van der Waals surface area contributed by atoms with Gasteiger partial charge in [-0.3, -0.25) is 0 Å². The Labute approximate surface area is 124 Å². The summed E-state index contributed by atoms with van der Waals surface area (Å²) in [4.78, 5) is 15.6. The third kappa shape index (κ3) is 6.68. The van der Waals surface area contributed by atoms with E-state index in [2.05, 4.69) is 4.99 Å². The molecular weight excluding hydrogens is 268 g/mol. The fourth-order valence-electron chi connectivity index (χ4n) is 1.66. The largest absolute Gasteiger partial charge is 0.442 e. The number of carbonyl (C=O) groups is 1. The van der Waals surface area contributed by atoms with E-state index < -0.39 is 11.7 Å². The van der Waals surface area contributed by atoms with Crippen LogP contribution >= 0.6 is 0 Å². The molecular formula is C16H20N2O3. The first-order valence-corrected chi connectivity index (χ1v) is 6.73. The minimum absolute atomic E-state index is 0.0854. The Morgan fingerprint density at radius 3 is 2.43 bits per heavy atom. The minimum atomic E-state index is -0.653. The van der Waals surface area contributed by atoms with Crippen molar-refractivity contribution in [1.29, 1.82) is 5.26 Å². The average molecular weight is 288 g/mol. The number of rotatable bonds is 4. The SMILES string of the molecule is CC(C)(C)OC(=O)N=C(CCO)Cc1ccc(C#N)cc1. The first-order valence-electron chi connectivity index (χ1n) is 6.73. The molecule has 5 nitrogen and oxygen atoms in total. The van der Waals surface area contributed by atoms with Gasteiger partial charge in [0.1, 0.15) is 5.60 Å². The number of ether oxygens (including phenoxy) is 1. The van der Waals surface area contributed by atoms with Crippen LogP contribution in [0.4, 0.5) is 4.79 Å². The van der Waals surface area contributed by atoms with Crippen molar-refractivity contribution in [1.82, 2.24) is 0 Å². The predicted molar refractivity (Wildman–Crippen MR) is 80.2 cm³/mol. The van der Waals surface area contributed by atoms with E-state index in [-0.39, 0.29) is 6.61 Å². The summed E-state index contributed by atoms with van der Waals surface area (Å²) < 4.78 is 5.14. The number of amides is 1. The van der Waals surface area contributed by atoms with Gasteiger partial charge in [-0.05, 0) is 38.5 Å². The summed E-state index contributed by atoms with van der Waals surface area (Å²) >= 11 is 0. The van der Waals surface area contributed by atoms with Crippen LogP contribution in [0.2, 0.25) is 0 Å². The summed E-state index contributed by atoms with van der Waals surface area (Å²) in [5.74, 6) is 0. The van der Waals surface area contributed by atoms with Crippen LogP contribution in [0.5, 0.6) is 0 Å². The van der Waals surface area contributed by atoms with E-state index in [1.807, 2.05) is 6.07 Å². The number of hydrogen-bond acceptors (Lipinski definition) is 4. The van der Waals surface area contributed by atoms with E-state index in [1.54, 1.807) is 45.0 Å². The van der Waals surface area contributed by atoms with Gasteiger partial charge in [-0.1, -0.05) is 12.1 Å². The van der Waals surface area contributed by atoms with Gasteiger partial charge in [-0.15, -0.1) is 0 Å². The number of hydrogen-bond donors (Lipinski definition) is 1. The molecule has 0 radical (unpaired) electrons. The van der Waals surface area contributed by atoms with E-state index in [4.69, 9.17) is 15.1 Å². The summed E-state index contributed by atoms with van der Waals surface area (Å²) in [7, 11) is 0. The van der Waals surface area contributed by atoms with Crippen molar-refractivity contribution < 1.29 is 14.6 Å². The average Bonchev–Trinajstić information content (AvgIpc) is 2.37. The van der Waals surface area contributed by atoms with E-state index in [0.29, 0.717) is 24.1 Å². The zero-order valence-electron chi connectivity index (χ0n) is 12.6. The van der Waals surface area contributed by atoms with Crippen molar-refractivity contribution in [3.63, 3.8) is 0 Å². The van der Waals surface area contributed by atoms with Gasteiger partial charge in [-0.25, -0.2) is 4.79 Å². The highest BCUT2D eigenvalue weighted by atomic mass is 16.6. The molecule has 0 saturated carbocycles. The second-order valence-corrected chi connectivity index (χ2v) is 5.62. The van der Waals surface area contributed by atoms with Gasteiger partial charge in [0, 0.05) is 25.2 Å². The second kappa shape index (κ2) is 7.55. The van der Waals surface area contributed by atoms with Crippen molar-refractivity contribution in [3.8, 4) is 6.07 Å². The summed E-state index contributed by atoms with van der Waals surface area (Å²) in [5.41, 5.74) is 1.45. The molecule has 0 saturated heterocycles. The maximum Gasteiger partial charge on any atom is 0.434 e. The van der Waals surface area contributed by atoms with Crippen LogP contribution in [-0.4, -0.2) is 29.1 Å². The van der Waals surface area contributed by atoms with Crippen LogP contribution in [0.1, 0.15) is 38.3 Å². The van der Waals surface area contributed by atoms with Crippen molar-refractivity contribution in [2.75, 3.05) is 6.61 Å². The van der Waals surface area contributed by atoms with E-state index in [1.165, 1.54) is 0 Å². The highest BCUT2D eigenvalue weighted by Crippen LogP contribution is 2.10. The number of aliphatic imine (C=N–C) groups is 1. The van der Waals surface area contributed by atoms with Crippen LogP contribution in [0, 0.1) is 11.3 Å². The Balaban J connectivity index is 2.81. The summed E-state index contributed by atoms with van der Waals surface area (Å²) in [6.07, 6.45) is 0.0877. The maximum atomic E-state index is 11.7. The Kier molecular flexibility index (Phi) is 6.07. The fraction of sp³-hybridized carbons (Fsp3) is 0.438. The van der Waals surface area contributed by atoms with Gasteiger partial charge in [0.25, 0.3) is 0 Å². The summed E-state index contributed by atoms with van der Waals surface area (Å²) in [6, 6.07) is 9.07. The number of nitrogens with zero attached hydrogens (tertiary/aromatic N) is 2. The second-order valence-electron chi connectivity index (χ2n) is 5.62. The number of aliphatic hydroxyl groups is 1. The maximum absolute atomic E-state index is 11.7. The van der Waals surface area contributed by atoms with Gasteiger partial charge in [-0.2, -0.15) is 10.3 Å². The molecule has 0 bridgehead atoms. The number of nitriles is 1. The molecule has 1 amide bonds. The lowest BCUT2D eigenvalue weighted by atomic mass is 10.0. The molecule has 112 valence electrons. The Bertz CT molecular complexity index is 548. The lowest BCUT2D eigenvalue weighted by molar-refractivity contribution is 0.0603. The predicted octanol–water partition coefficient (Wildman–Crippen LogP) is 2.86. The lowest BCUT2D eigenvalue weighted by Crippen LogP contribution is -2.23. The Morgan fingerprint density at radius 2 is 1.95 bits per heavy atom. The van der Waals surface area contributed by atoms with E-state index >= 15 is 0 Å². The topological polar surface area (TPSA) is 82.7 Å². The molecule has 0 heterocycles. The molecule has 1 rings (SSSR count). The van der Waals surface area contributed by atoms with Gasteiger partial charge < -0.3 is 9.84 Å². The molecule has 1 aromatic rings.